The average Bonchev–Trinajstić information content (AvgIpc) is 3.40. The fourth-order valence-electron chi connectivity index (χ4n) is 4.37. The van der Waals surface area contributed by atoms with Gasteiger partial charge in [0.25, 0.3) is 0 Å². The highest BCUT2D eigenvalue weighted by Crippen LogP contribution is 2.43. The normalized spacial score (nSPS) is 17.1. The average molecular weight is 398 g/mol. The number of ether oxygens (including phenoxy) is 1. The number of methoxy groups -OCH3 is 1. The Labute approximate surface area is 174 Å². The third kappa shape index (κ3) is 4.58. The molecule has 1 atom stereocenters. The van der Waals surface area contributed by atoms with Gasteiger partial charge < -0.3 is 9.64 Å². The number of hydrogen-bond acceptors (Lipinski definition) is 5. The highest BCUT2D eigenvalue weighted by Gasteiger charge is 2.27. The number of thiol groups is 1. The lowest BCUT2D eigenvalue weighted by atomic mass is 9.90. The number of allylic oxidation sites excluding steroid dienone is 1. The molecule has 4 nitrogen and oxygen atoms in total. The van der Waals surface area contributed by atoms with E-state index in [9.17, 15) is 0 Å². The van der Waals surface area contributed by atoms with Gasteiger partial charge >= 0.3 is 0 Å². The molecule has 0 amide bonds. The van der Waals surface area contributed by atoms with Crippen LogP contribution in [0.25, 0.3) is 5.57 Å². The summed E-state index contributed by atoms with van der Waals surface area (Å²) in [5, 5.41) is 0. The first-order valence-electron chi connectivity index (χ1n) is 10.1. The highest BCUT2D eigenvalue weighted by molar-refractivity contribution is 7.79. The molecule has 2 aliphatic rings. The Morgan fingerprint density at radius 2 is 1.96 bits per heavy atom. The highest BCUT2D eigenvalue weighted by atomic mass is 32.1. The van der Waals surface area contributed by atoms with Crippen LogP contribution in [0.15, 0.2) is 42.4 Å². The number of rotatable bonds is 6. The summed E-state index contributed by atoms with van der Waals surface area (Å²) in [6, 6.07) is 6.49. The predicted molar refractivity (Wildman–Crippen MR) is 119 cm³/mol. The molecule has 0 N–H and O–H groups in total. The summed E-state index contributed by atoms with van der Waals surface area (Å²) in [4.78, 5) is 11.4. The van der Waals surface area contributed by atoms with E-state index in [0.717, 1.165) is 30.8 Å². The molecule has 4 rings (SSSR count). The molecule has 28 heavy (non-hydrogen) atoms. The molecule has 5 heteroatoms. The molecule has 1 aliphatic carbocycles. The molecule has 2 heterocycles. The van der Waals surface area contributed by atoms with Crippen LogP contribution in [-0.2, 0) is 6.42 Å². The molecule has 1 aromatic carbocycles. The quantitative estimate of drug-likeness (QED) is 0.721. The van der Waals surface area contributed by atoms with Crippen molar-refractivity contribution in [1.29, 1.82) is 0 Å². The summed E-state index contributed by atoms with van der Waals surface area (Å²) >= 11 is 3.53. The number of benzene rings is 1. The largest absolute Gasteiger partial charge is 0.497 e. The summed E-state index contributed by atoms with van der Waals surface area (Å²) < 4.78 is 5.45. The molecule has 0 saturated carbocycles. The van der Waals surface area contributed by atoms with E-state index in [1.54, 1.807) is 31.3 Å². The third-order valence-corrected chi connectivity index (χ3v) is 5.78. The zero-order chi connectivity index (χ0) is 19.9. The van der Waals surface area contributed by atoms with Gasteiger partial charge in [-0.05, 0) is 73.9 Å². The van der Waals surface area contributed by atoms with Crippen LogP contribution in [0.4, 0.5) is 0 Å². The van der Waals surface area contributed by atoms with Gasteiger partial charge in [-0.2, -0.15) is 12.6 Å². The van der Waals surface area contributed by atoms with Crippen LogP contribution in [0.1, 0.15) is 48.9 Å². The van der Waals surface area contributed by atoms with Gasteiger partial charge in [-0.15, -0.1) is 0 Å². The Bertz CT molecular complexity index is 801. The van der Waals surface area contributed by atoms with Gasteiger partial charge in [-0.25, -0.2) is 0 Å². The molecule has 1 unspecified atom stereocenters. The molecule has 0 radical (unpaired) electrons. The first-order valence-corrected chi connectivity index (χ1v) is 11.0. The van der Waals surface area contributed by atoms with Crippen LogP contribution < -0.4 is 4.74 Å². The number of nitrogens with zero attached hydrogens (tertiary/aromatic N) is 3. The van der Waals surface area contributed by atoms with Gasteiger partial charge in [0.15, 0.2) is 0 Å². The fourth-order valence-corrected chi connectivity index (χ4v) is 4.37. The molecule has 0 bridgehead atoms. The molecule has 0 spiro atoms. The number of fused-ring (bicyclic) bond motifs is 1. The number of aromatic nitrogens is 2. The predicted octanol–water partition coefficient (Wildman–Crippen LogP) is 4.63. The molecular formula is C23H31N3OS. The van der Waals surface area contributed by atoms with Crippen molar-refractivity contribution in [3.05, 3.63) is 59.2 Å². The van der Waals surface area contributed by atoms with E-state index in [2.05, 4.69) is 52.6 Å². The Morgan fingerprint density at radius 3 is 2.64 bits per heavy atom. The zero-order valence-electron chi connectivity index (χ0n) is 17.2. The fraction of sp³-hybridized carbons (Fsp3) is 0.478. The molecule has 150 valence electrons. The lowest BCUT2D eigenvalue weighted by Crippen LogP contribution is -2.21. The SMILES string of the molecule is COc1ccc2c(c1)CC(CCN1CCCC1)=C2C(C)c1cnccn1.CS. The zero-order valence-corrected chi connectivity index (χ0v) is 18.1. The van der Waals surface area contributed by atoms with E-state index >= 15 is 0 Å². The summed E-state index contributed by atoms with van der Waals surface area (Å²) in [6.45, 7) is 5.93. The van der Waals surface area contributed by atoms with Gasteiger partial charge in [-0.1, -0.05) is 18.6 Å². The van der Waals surface area contributed by atoms with Gasteiger partial charge in [-0.3, -0.25) is 9.97 Å². The maximum atomic E-state index is 5.45. The van der Waals surface area contributed by atoms with Crippen molar-refractivity contribution in [3.8, 4) is 5.75 Å². The first-order chi connectivity index (χ1) is 13.8. The molecule has 2 aromatic rings. The summed E-state index contributed by atoms with van der Waals surface area (Å²) in [7, 11) is 1.74. The van der Waals surface area contributed by atoms with Gasteiger partial charge in [0.1, 0.15) is 5.75 Å². The van der Waals surface area contributed by atoms with E-state index in [0.29, 0.717) is 0 Å². The van der Waals surface area contributed by atoms with Crippen molar-refractivity contribution < 1.29 is 4.74 Å². The lowest BCUT2D eigenvalue weighted by molar-refractivity contribution is 0.342. The van der Waals surface area contributed by atoms with Crippen LogP contribution in [0, 0.1) is 0 Å². The minimum absolute atomic E-state index is 0.256. The van der Waals surface area contributed by atoms with Gasteiger partial charge in [0.05, 0.1) is 12.8 Å². The summed E-state index contributed by atoms with van der Waals surface area (Å²) in [6.07, 6.45) is 12.0. The standard InChI is InChI=1S/C22H27N3O.CH4S/c1-16(21-15-23-8-9-24-21)22-17(7-12-25-10-3-4-11-25)13-18-14-19(26-2)5-6-20(18)22;1-2/h5-6,8-9,14-16H,3-4,7,10-13H2,1-2H3;2H,1H3. The van der Waals surface area contributed by atoms with Crippen molar-refractivity contribution in [3.63, 3.8) is 0 Å². The molecular weight excluding hydrogens is 366 g/mol. The Balaban J connectivity index is 0.00000109. The Kier molecular flexibility index (Phi) is 7.51. The molecule has 1 fully saturated rings. The second-order valence-electron chi connectivity index (χ2n) is 7.37. The van der Waals surface area contributed by atoms with Crippen LogP contribution in [0.5, 0.6) is 5.75 Å². The van der Waals surface area contributed by atoms with E-state index in [1.807, 2.05) is 6.20 Å². The van der Waals surface area contributed by atoms with E-state index in [4.69, 9.17) is 4.74 Å². The van der Waals surface area contributed by atoms with Crippen molar-refractivity contribution in [2.75, 3.05) is 33.0 Å². The summed E-state index contributed by atoms with van der Waals surface area (Å²) in [5.74, 6) is 1.20. The number of hydrogen-bond donors (Lipinski definition) is 1. The monoisotopic (exact) mass is 397 g/mol. The third-order valence-electron chi connectivity index (χ3n) is 5.78. The van der Waals surface area contributed by atoms with Crippen LogP contribution >= 0.6 is 12.6 Å². The van der Waals surface area contributed by atoms with Crippen molar-refractivity contribution >= 4 is 18.2 Å². The van der Waals surface area contributed by atoms with E-state index < -0.39 is 0 Å². The van der Waals surface area contributed by atoms with Crippen LogP contribution in [0.3, 0.4) is 0 Å². The maximum absolute atomic E-state index is 5.45. The second kappa shape index (κ2) is 10.1. The van der Waals surface area contributed by atoms with Gasteiger partial charge in [0.2, 0.25) is 0 Å². The minimum atomic E-state index is 0.256. The van der Waals surface area contributed by atoms with E-state index in [-0.39, 0.29) is 5.92 Å². The van der Waals surface area contributed by atoms with Crippen molar-refractivity contribution in [1.82, 2.24) is 14.9 Å². The lowest BCUT2D eigenvalue weighted by Gasteiger charge is -2.19. The first kappa shape index (κ1) is 20.9. The number of likely N-dealkylation sites (tertiary alicyclic amines) is 1. The van der Waals surface area contributed by atoms with Gasteiger partial charge in [0, 0.05) is 31.1 Å². The molecule has 1 aromatic heterocycles. The van der Waals surface area contributed by atoms with Crippen molar-refractivity contribution in [2.24, 2.45) is 0 Å². The van der Waals surface area contributed by atoms with E-state index in [1.165, 1.54) is 42.6 Å². The van der Waals surface area contributed by atoms with Crippen LogP contribution in [-0.4, -0.2) is 47.9 Å². The Morgan fingerprint density at radius 1 is 1.18 bits per heavy atom. The van der Waals surface area contributed by atoms with Crippen LogP contribution in [0.2, 0.25) is 0 Å². The molecule has 1 saturated heterocycles. The minimum Gasteiger partial charge on any atom is -0.497 e. The topological polar surface area (TPSA) is 38.2 Å². The Hall–Kier alpha value is -1.85. The smallest absolute Gasteiger partial charge is 0.119 e. The second-order valence-corrected chi connectivity index (χ2v) is 7.37. The maximum Gasteiger partial charge on any atom is 0.119 e. The van der Waals surface area contributed by atoms with Crippen molar-refractivity contribution in [2.45, 2.75) is 38.5 Å². The summed E-state index contributed by atoms with van der Waals surface area (Å²) in [5.41, 5.74) is 6.79. The molecule has 1 aliphatic heterocycles.